The summed E-state index contributed by atoms with van der Waals surface area (Å²) in [4.78, 5) is 31.1. The SMILES string of the molecule is CCCCn1c(O)c(C(CC)=NCc2ccc3c(c2)OCO3)c(=O)[nH]c1=O. The van der Waals surface area contributed by atoms with Crippen LogP contribution in [0.2, 0.25) is 0 Å². The van der Waals surface area contributed by atoms with E-state index in [9.17, 15) is 14.7 Å². The van der Waals surface area contributed by atoms with Crippen molar-refractivity contribution in [2.45, 2.75) is 46.2 Å². The van der Waals surface area contributed by atoms with Gasteiger partial charge >= 0.3 is 5.69 Å². The van der Waals surface area contributed by atoms with Crippen LogP contribution in [0.3, 0.4) is 0 Å². The lowest BCUT2D eigenvalue weighted by atomic mass is 10.1. The minimum Gasteiger partial charge on any atom is -0.494 e. The van der Waals surface area contributed by atoms with Gasteiger partial charge in [-0.2, -0.15) is 0 Å². The van der Waals surface area contributed by atoms with Gasteiger partial charge in [0, 0.05) is 6.54 Å². The van der Waals surface area contributed by atoms with Gasteiger partial charge in [0.05, 0.1) is 12.3 Å². The van der Waals surface area contributed by atoms with Gasteiger partial charge in [0.1, 0.15) is 5.56 Å². The number of nitrogens with one attached hydrogen (secondary N) is 1. The summed E-state index contributed by atoms with van der Waals surface area (Å²) in [5, 5.41) is 10.5. The Morgan fingerprint density at radius 1 is 1.26 bits per heavy atom. The highest BCUT2D eigenvalue weighted by Crippen LogP contribution is 2.32. The molecule has 0 bridgehead atoms. The maximum atomic E-state index is 12.3. The van der Waals surface area contributed by atoms with Crippen LogP contribution in [0.1, 0.15) is 44.2 Å². The molecule has 2 N–H and O–H groups in total. The smallest absolute Gasteiger partial charge is 0.331 e. The second kappa shape index (κ2) is 8.11. The van der Waals surface area contributed by atoms with Gasteiger partial charge in [-0.05, 0) is 30.5 Å². The fourth-order valence-corrected chi connectivity index (χ4v) is 2.94. The molecule has 8 heteroatoms. The van der Waals surface area contributed by atoms with Crippen LogP contribution in [0.4, 0.5) is 0 Å². The molecule has 0 spiro atoms. The van der Waals surface area contributed by atoms with E-state index in [1.54, 1.807) is 0 Å². The third-order valence-electron chi connectivity index (χ3n) is 4.42. The molecule has 8 nitrogen and oxygen atoms in total. The van der Waals surface area contributed by atoms with Crippen LogP contribution in [0.15, 0.2) is 32.8 Å². The number of benzene rings is 1. The molecule has 1 aromatic heterocycles. The first kappa shape index (κ1) is 18.8. The quantitative estimate of drug-likeness (QED) is 0.724. The number of aromatic amines is 1. The number of aromatic nitrogens is 2. The van der Waals surface area contributed by atoms with E-state index in [2.05, 4.69) is 9.98 Å². The number of fused-ring (bicyclic) bond motifs is 1. The number of aromatic hydroxyl groups is 1. The summed E-state index contributed by atoms with van der Waals surface area (Å²) in [7, 11) is 0. The van der Waals surface area contributed by atoms with Gasteiger partial charge in [0.15, 0.2) is 11.5 Å². The maximum Gasteiger partial charge on any atom is 0.331 e. The lowest BCUT2D eigenvalue weighted by molar-refractivity contribution is 0.174. The molecule has 1 aliphatic heterocycles. The molecule has 2 heterocycles. The molecule has 0 fully saturated rings. The van der Waals surface area contributed by atoms with Crippen LogP contribution in [0, 0.1) is 0 Å². The first-order valence-corrected chi connectivity index (χ1v) is 9.03. The highest BCUT2D eigenvalue weighted by molar-refractivity contribution is 6.01. The van der Waals surface area contributed by atoms with Crippen LogP contribution in [0.5, 0.6) is 17.4 Å². The molecule has 0 saturated heterocycles. The van der Waals surface area contributed by atoms with Gasteiger partial charge in [-0.1, -0.05) is 26.3 Å². The van der Waals surface area contributed by atoms with E-state index in [4.69, 9.17) is 9.47 Å². The minimum atomic E-state index is -0.628. The van der Waals surface area contributed by atoms with E-state index in [0.29, 0.717) is 36.7 Å². The zero-order valence-electron chi connectivity index (χ0n) is 15.4. The zero-order valence-corrected chi connectivity index (χ0v) is 15.4. The van der Waals surface area contributed by atoms with Crippen molar-refractivity contribution in [3.63, 3.8) is 0 Å². The highest BCUT2D eigenvalue weighted by Gasteiger charge is 2.18. The Hall–Kier alpha value is -3.03. The summed E-state index contributed by atoms with van der Waals surface area (Å²) in [5.41, 5.74) is 0.142. The van der Waals surface area contributed by atoms with Crippen LogP contribution in [-0.4, -0.2) is 27.2 Å². The Morgan fingerprint density at radius 3 is 2.78 bits per heavy atom. The zero-order chi connectivity index (χ0) is 19.4. The predicted molar refractivity (Wildman–Crippen MR) is 101 cm³/mol. The van der Waals surface area contributed by atoms with E-state index >= 15 is 0 Å². The molecule has 0 aliphatic carbocycles. The summed E-state index contributed by atoms with van der Waals surface area (Å²) in [6, 6.07) is 5.52. The van der Waals surface area contributed by atoms with Crippen molar-refractivity contribution in [1.29, 1.82) is 0 Å². The fraction of sp³-hybridized carbons (Fsp3) is 0.421. The van der Waals surface area contributed by atoms with E-state index in [1.165, 1.54) is 4.57 Å². The number of nitrogens with zero attached hydrogens (tertiary/aromatic N) is 2. The number of aliphatic imine (C=N–C) groups is 1. The Balaban J connectivity index is 1.94. The molecule has 1 aromatic carbocycles. The van der Waals surface area contributed by atoms with Crippen molar-refractivity contribution in [3.05, 3.63) is 50.2 Å². The Labute approximate surface area is 156 Å². The molecule has 2 aromatic rings. The first-order chi connectivity index (χ1) is 13.0. The summed E-state index contributed by atoms with van der Waals surface area (Å²) in [6.07, 6.45) is 2.01. The van der Waals surface area contributed by atoms with Gasteiger partial charge < -0.3 is 14.6 Å². The molecule has 0 atom stereocenters. The standard InChI is InChI=1S/C19H23N3O5/c1-3-5-8-22-18(24)16(17(23)21-19(22)25)13(4-2)20-10-12-6-7-14-15(9-12)27-11-26-14/h6-7,9,24H,3-5,8,10-11H2,1-2H3,(H,21,23,25). The Morgan fingerprint density at radius 2 is 2.04 bits per heavy atom. The second-order valence-corrected chi connectivity index (χ2v) is 6.27. The van der Waals surface area contributed by atoms with Gasteiger partial charge in [-0.25, -0.2) is 4.79 Å². The number of rotatable bonds is 7. The molecular formula is C19H23N3O5. The molecule has 0 saturated carbocycles. The van der Waals surface area contributed by atoms with Gasteiger partial charge in [0.25, 0.3) is 5.56 Å². The van der Waals surface area contributed by atoms with Crippen molar-refractivity contribution in [3.8, 4) is 17.4 Å². The Bertz CT molecular complexity index is 974. The number of H-pyrrole nitrogens is 1. The van der Waals surface area contributed by atoms with Crippen molar-refractivity contribution >= 4 is 5.71 Å². The lowest BCUT2D eigenvalue weighted by Crippen LogP contribution is -2.34. The van der Waals surface area contributed by atoms with E-state index < -0.39 is 11.2 Å². The van der Waals surface area contributed by atoms with Crippen molar-refractivity contribution in [1.82, 2.24) is 9.55 Å². The summed E-state index contributed by atoms with van der Waals surface area (Å²) >= 11 is 0. The van der Waals surface area contributed by atoms with Crippen molar-refractivity contribution in [2.75, 3.05) is 6.79 Å². The predicted octanol–water partition coefficient (Wildman–Crippen LogP) is 2.17. The first-order valence-electron chi connectivity index (χ1n) is 9.03. The maximum absolute atomic E-state index is 12.3. The molecule has 0 amide bonds. The fourth-order valence-electron chi connectivity index (χ4n) is 2.94. The van der Waals surface area contributed by atoms with Gasteiger partial charge in [-0.3, -0.25) is 19.3 Å². The van der Waals surface area contributed by atoms with Crippen LogP contribution < -0.4 is 20.7 Å². The van der Waals surface area contributed by atoms with Crippen molar-refractivity contribution < 1.29 is 14.6 Å². The van der Waals surface area contributed by atoms with Gasteiger partial charge in [0.2, 0.25) is 12.7 Å². The molecular weight excluding hydrogens is 350 g/mol. The van der Waals surface area contributed by atoms with Crippen LogP contribution in [0.25, 0.3) is 0 Å². The van der Waals surface area contributed by atoms with Crippen molar-refractivity contribution in [2.24, 2.45) is 4.99 Å². The molecule has 0 unspecified atom stereocenters. The third kappa shape index (κ3) is 3.89. The summed E-state index contributed by atoms with van der Waals surface area (Å²) < 4.78 is 11.8. The number of hydrogen-bond acceptors (Lipinski definition) is 6. The molecule has 144 valence electrons. The largest absolute Gasteiger partial charge is 0.494 e. The average Bonchev–Trinajstić information content (AvgIpc) is 3.11. The monoisotopic (exact) mass is 373 g/mol. The number of hydrogen-bond donors (Lipinski definition) is 2. The third-order valence-corrected chi connectivity index (χ3v) is 4.42. The molecule has 1 aliphatic rings. The topological polar surface area (TPSA) is 106 Å². The summed E-state index contributed by atoms with van der Waals surface area (Å²) in [6.45, 7) is 4.68. The average molecular weight is 373 g/mol. The summed E-state index contributed by atoms with van der Waals surface area (Å²) in [5.74, 6) is 1.02. The Kier molecular flexibility index (Phi) is 5.63. The van der Waals surface area contributed by atoms with Gasteiger partial charge in [-0.15, -0.1) is 0 Å². The normalized spacial score (nSPS) is 13.2. The number of unbranched alkanes of at least 4 members (excludes halogenated alkanes) is 1. The van der Waals surface area contributed by atoms with E-state index in [0.717, 1.165) is 18.4 Å². The number of ether oxygens (including phenoxy) is 2. The molecule has 3 rings (SSSR count). The highest BCUT2D eigenvalue weighted by atomic mass is 16.7. The minimum absolute atomic E-state index is 0.0500. The van der Waals surface area contributed by atoms with E-state index in [1.807, 2.05) is 32.0 Å². The second-order valence-electron chi connectivity index (χ2n) is 6.27. The molecule has 0 radical (unpaired) electrons. The lowest BCUT2D eigenvalue weighted by Gasteiger charge is -2.12. The van der Waals surface area contributed by atoms with Crippen LogP contribution >= 0.6 is 0 Å². The van der Waals surface area contributed by atoms with Crippen LogP contribution in [-0.2, 0) is 13.1 Å². The molecule has 27 heavy (non-hydrogen) atoms. The van der Waals surface area contributed by atoms with E-state index in [-0.39, 0.29) is 18.2 Å².